The normalized spacial score (nSPS) is 38.2. The summed E-state index contributed by atoms with van der Waals surface area (Å²) in [5.41, 5.74) is 0. The van der Waals surface area contributed by atoms with Crippen LogP contribution in [0.5, 0.6) is 0 Å². The number of piperidine rings is 1. The van der Waals surface area contributed by atoms with Gasteiger partial charge in [0.1, 0.15) is 0 Å². The summed E-state index contributed by atoms with van der Waals surface area (Å²) in [4.78, 5) is 0. The van der Waals surface area contributed by atoms with E-state index in [1.807, 2.05) is 0 Å². The van der Waals surface area contributed by atoms with Crippen molar-refractivity contribution in [3.8, 4) is 0 Å². The molecule has 0 aromatic carbocycles. The van der Waals surface area contributed by atoms with Crippen LogP contribution in [0.2, 0.25) is 0 Å². The first kappa shape index (κ1) is 7.10. The summed E-state index contributed by atoms with van der Waals surface area (Å²) >= 11 is 0. The zero-order valence-corrected chi connectivity index (χ0v) is 6.16. The molecule has 52 valence electrons. The average Bonchev–Trinajstić information content (AvgIpc) is 2.12. The second kappa shape index (κ2) is 2.72. The van der Waals surface area contributed by atoms with Crippen LogP contribution in [-0.2, 0) is 0 Å². The van der Waals surface area contributed by atoms with E-state index in [2.05, 4.69) is 17.5 Å². The number of halogens is 1. The second-order valence-corrected chi connectivity index (χ2v) is 2.80. The molecule has 0 saturated carbocycles. The Morgan fingerprint density at radius 2 is 1.67 bits per heavy atom. The molecule has 0 radical (unpaired) electrons. The van der Waals surface area contributed by atoms with Gasteiger partial charge in [0.05, 0.1) is 0 Å². The van der Waals surface area contributed by atoms with E-state index in [1.165, 1.54) is 19.5 Å². The maximum atomic E-state index is 3.38. The van der Waals surface area contributed by atoms with Gasteiger partial charge in [-0.25, -0.2) is 0 Å². The highest BCUT2D eigenvalue weighted by molar-refractivity contribution is 5.85. The third-order valence-corrected chi connectivity index (χ3v) is 2.07. The summed E-state index contributed by atoms with van der Waals surface area (Å²) < 4.78 is 0. The first-order valence-corrected chi connectivity index (χ1v) is 3.34. The molecule has 1 nitrogen and oxygen atoms in total. The molecule has 1 N–H and O–H groups in total. The minimum Gasteiger partial charge on any atom is -0.316 e. The lowest BCUT2D eigenvalue weighted by molar-refractivity contribution is 0.403. The summed E-state index contributed by atoms with van der Waals surface area (Å²) in [6.45, 7) is 2.43. The standard InChI is InChI=1S/C7H11N.ClH/c1-2-7-3-6(1)4-8-5-7;/h1-2,6-8H,3-5H2;1H. The lowest BCUT2D eigenvalue weighted by atomic mass is 10.00. The van der Waals surface area contributed by atoms with Crippen LogP contribution >= 0.6 is 12.4 Å². The van der Waals surface area contributed by atoms with E-state index >= 15 is 0 Å². The van der Waals surface area contributed by atoms with Crippen molar-refractivity contribution in [1.82, 2.24) is 5.32 Å². The van der Waals surface area contributed by atoms with Crippen molar-refractivity contribution in [1.29, 1.82) is 0 Å². The van der Waals surface area contributed by atoms with Gasteiger partial charge < -0.3 is 5.32 Å². The first-order valence-electron chi connectivity index (χ1n) is 3.34. The molecule has 2 heteroatoms. The predicted octanol–water partition coefficient (Wildman–Crippen LogP) is 1.20. The van der Waals surface area contributed by atoms with Gasteiger partial charge in [0.25, 0.3) is 0 Å². The van der Waals surface area contributed by atoms with Crippen LogP contribution in [0.1, 0.15) is 6.42 Å². The molecule has 0 amide bonds. The predicted molar refractivity (Wildman–Crippen MR) is 40.9 cm³/mol. The Morgan fingerprint density at radius 1 is 1.11 bits per heavy atom. The van der Waals surface area contributed by atoms with E-state index in [0.29, 0.717) is 0 Å². The number of fused-ring (bicyclic) bond motifs is 2. The quantitative estimate of drug-likeness (QED) is 0.506. The summed E-state index contributed by atoms with van der Waals surface area (Å²) in [6, 6.07) is 0. The molecule has 9 heavy (non-hydrogen) atoms. The third-order valence-electron chi connectivity index (χ3n) is 2.07. The summed E-state index contributed by atoms with van der Waals surface area (Å²) in [5, 5.41) is 3.38. The highest BCUT2D eigenvalue weighted by atomic mass is 35.5. The first-order chi connectivity index (χ1) is 3.95. The molecule has 2 bridgehead atoms. The fraction of sp³-hybridized carbons (Fsp3) is 0.714. The molecule has 2 atom stereocenters. The van der Waals surface area contributed by atoms with Crippen molar-refractivity contribution in [2.45, 2.75) is 6.42 Å². The SMILES string of the molecule is C1=CC2CNCC1C2.Cl. The topological polar surface area (TPSA) is 12.0 Å². The highest BCUT2D eigenvalue weighted by Crippen LogP contribution is 2.25. The van der Waals surface area contributed by atoms with Crippen LogP contribution < -0.4 is 5.32 Å². The number of rotatable bonds is 0. The van der Waals surface area contributed by atoms with Gasteiger partial charge in [-0.1, -0.05) is 12.2 Å². The molecule has 0 spiro atoms. The van der Waals surface area contributed by atoms with Gasteiger partial charge in [-0.2, -0.15) is 0 Å². The van der Waals surface area contributed by atoms with Crippen molar-refractivity contribution in [3.05, 3.63) is 12.2 Å². The van der Waals surface area contributed by atoms with E-state index < -0.39 is 0 Å². The van der Waals surface area contributed by atoms with E-state index in [1.54, 1.807) is 0 Å². The number of nitrogens with one attached hydrogen (secondary N) is 1. The van der Waals surface area contributed by atoms with Crippen LogP contribution in [0.4, 0.5) is 0 Å². The Labute approximate surface area is 61.9 Å². The van der Waals surface area contributed by atoms with Gasteiger partial charge >= 0.3 is 0 Å². The molecule has 0 aromatic rings. The van der Waals surface area contributed by atoms with Gasteiger partial charge in [-0.3, -0.25) is 0 Å². The van der Waals surface area contributed by atoms with Crippen molar-refractivity contribution < 1.29 is 0 Å². The molecule has 1 saturated heterocycles. The van der Waals surface area contributed by atoms with Gasteiger partial charge in [0.15, 0.2) is 0 Å². The van der Waals surface area contributed by atoms with E-state index in [4.69, 9.17) is 0 Å². The van der Waals surface area contributed by atoms with Crippen LogP contribution in [0.25, 0.3) is 0 Å². The van der Waals surface area contributed by atoms with E-state index in [-0.39, 0.29) is 12.4 Å². The molecular formula is C7H12ClN. The van der Waals surface area contributed by atoms with Crippen LogP contribution in [0, 0.1) is 11.8 Å². The Hall–Kier alpha value is -0.0100. The molecule has 1 heterocycles. The van der Waals surface area contributed by atoms with Crippen LogP contribution in [0.3, 0.4) is 0 Å². The maximum Gasteiger partial charge on any atom is 0.00146 e. The second-order valence-electron chi connectivity index (χ2n) is 2.80. The lowest BCUT2D eigenvalue weighted by Gasteiger charge is -2.19. The van der Waals surface area contributed by atoms with Crippen molar-refractivity contribution >= 4 is 12.4 Å². The number of hydrogen-bond acceptors (Lipinski definition) is 1. The third kappa shape index (κ3) is 1.28. The Morgan fingerprint density at radius 3 is 2.11 bits per heavy atom. The van der Waals surface area contributed by atoms with Crippen LogP contribution in [0.15, 0.2) is 12.2 Å². The largest absolute Gasteiger partial charge is 0.316 e. The highest BCUT2D eigenvalue weighted by Gasteiger charge is 2.22. The molecule has 1 fully saturated rings. The summed E-state index contributed by atoms with van der Waals surface area (Å²) in [6.07, 6.45) is 6.11. The van der Waals surface area contributed by atoms with Gasteiger partial charge in [0, 0.05) is 13.1 Å². The molecule has 1 aliphatic heterocycles. The fourth-order valence-electron chi connectivity index (χ4n) is 1.62. The smallest absolute Gasteiger partial charge is 0.00146 e. The van der Waals surface area contributed by atoms with E-state index in [9.17, 15) is 0 Å². The monoisotopic (exact) mass is 145 g/mol. The van der Waals surface area contributed by atoms with Crippen molar-refractivity contribution in [2.24, 2.45) is 11.8 Å². The zero-order valence-electron chi connectivity index (χ0n) is 5.34. The van der Waals surface area contributed by atoms with E-state index in [0.717, 1.165) is 11.8 Å². The van der Waals surface area contributed by atoms with Crippen molar-refractivity contribution in [3.63, 3.8) is 0 Å². The Bertz CT molecular complexity index is 110. The maximum absolute atomic E-state index is 3.38. The molecule has 2 rings (SSSR count). The molecule has 2 unspecified atom stereocenters. The minimum atomic E-state index is 0. The number of hydrogen-bond donors (Lipinski definition) is 1. The van der Waals surface area contributed by atoms with Crippen LogP contribution in [-0.4, -0.2) is 13.1 Å². The molecular weight excluding hydrogens is 134 g/mol. The molecule has 1 aliphatic carbocycles. The van der Waals surface area contributed by atoms with Gasteiger partial charge in [-0.05, 0) is 18.3 Å². The van der Waals surface area contributed by atoms with Gasteiger partial charge in [-0.15, -0.1) is 12.4 Å². The molecule has 0 aromatic heterocycles. The lowest BCUT2D eigenvalue weighted by Crippen LogP contribution is -2.31. The molecule has 2 aliphatic rings. The summed E-state index contributed by atoms with van der Waals surface area (Å²) in [7, 11) is 0. The van der Waals surface area contributed by atoms with Crippen molar-refractivity contribution in [2.75, 3.05) is 13.1 Å². The Kier molecular flexibility index (Phi) is 2.14. The zero-order chi connectivity index (χ0) is 5.40. The average molecular weight is 146 g/mol. The Balaban J connectivity index is 0.000000405. The minimum absolute atomic E-state index is 0. The van der Waals surface area contributed by atoms with Gasteiger partial charge in [0.2, 0.25) is 0 Å². The summed E-state index contributed by atoms with van der Waals surface area (Å²) in [5.74, 6) is 1.74. The fourth-order valence-corrected chi connectivity index (χ4v) is 1.62.